The number of hydrogen-bond acceptors (Lipinski definition) is 5. The number of benzene rings is 2. The summed E-state index contributed by atoms with van der Waals surface area (Å²) in [5.41, 5.74) is 10.1. The summed E-state index contributed by atoms with van der Waals surface area (Å²) in [4.78, 5) is 15.7. The molecule has 8 nitrogen and oxygen atoms in total. The average molecular weight is 357 g/mol. The van der Waals surface area contributed by atoms with Crippen molar-refractivity contribution in [3.63, 3.8) is 0 Å². The number of nitrogens with zero attached hydrogens (tertiary/aromatic N) is 4. The molecule has 0 aliphatic rings. The summed E-state index contributed by atoms with van der Waals surface area (Å²) in [6, 6.07) is 16.6. The number of pyridine rings is 1. The van der Waals surface area contributed by atoms with Crippen LogP contribution >= 0.6 is 0 Å². The molecule has 2 aromatic carbocycles. The standard InChI is InChI=1S/C19H15N7O/c20-19(27)22-15-9-8-14(13-7-4-10-21-11-13)16(12-5-2-1-3-6-12)17(15)18-23-25-26-24-18/h1-11H,(H3,20,22,27)(H,23,24,25,26). The molecule has 132 valence electrons. The quantitative estimate of drug-likeness (QED) is 0.518. The monoisotopic (exact) mass is 357 g/mol. The van der Waals surface area contributed by atoms with E-state index in [2.05, 4.69) is 30.9 Å². The van der Waals surface area contributed by atoms with Gasteiger partial charge in [0.1, 0.15) is 0 Å². The van der Waals surface area contributed by atoms with Gasteiger partial charge in [0, 0.05) is 23.5 Å². The smallest absolute Gasteiger partial charge is 0.316 e. The third-order valence-electron chi connectivity index (χ3n) is 4.07. The number of amides is 2. The van der Waals surface area contributed by atoms with Gasteiger partial charge in [-0.25, -0.2) is 4.79 Å². The van der Waals surface area contributed by atoms with Gasteiger partial charge in [0.15, 0.2) is 0 Å². The molecule has 27 heavy (non-hydrogen) atoms. The third-order valence-corrected chi connectivity index (χ3v) is 4.07. The number of carbonyl (C=O) groups is 1. The van der Waals surface area contributed by atoms with Crippen molar-refractivity contribution < 1.29 is 4.79 Å². The van der Waals surface area contributed by atoms with E-state index in [4.69, 9.17) is 5.73 Å². The number of urea groups is 1. The summed E-state index contributed by atoms with van der Waals surface area (Å²) < 4.78 is 0. The minimum atomic E-state index is -0.673. The number of nitrogens with one attached hydrogen (secondary N) is 2. The van der Waals surface area contributed by atoms with Crippen molar-refractivity contribution in [3.05, 3.63) is 67.0 Å². The maximum absolute atomic E-state index is 11.5. The molecule has 2 heterocycles. The van der Waals surface area contributed by atoms with Crippen LogP contribution in [0.1, 0.15) is 0 Å². The van der Waals surface area contributed by atoms with Gasteiger partial charge in [0.25, 0.3) is 0 Å². The number of rotatable bonds is 4. The molecular formula is C19H15N7O. The van der Waals surface area contributed by atoms with Gasteiger partial charge in [-0.1, -0.05) is 42.5 Å². The van der Waals surface area contributed by atoms with Crippen molar-refractivity contribution in [1.82, 2.24) is 25.6 Å². The summed E-state index contributed by atoms with van der Waals surface area (Å²) in [6.07, 6.45) is 3.50. The van der Waals surface area contributed by atoms with Gasteiger partial charge < -0.3 is 11.1 Å². The van der Waals surface area contributed by atoms with E-state index in [1.54, 1.807) is 18.5 Å². The summed E-state index contributed by atoms with van der Waals surface area (Å²) in [6.45, 7) is 0. The van der Waals surface area contributed by atoms with E-state index in [9.17, 15) is 4.79 Å². The lowest BCUT2D eigenvalue weighted by Crippen LogP contribution is -2.20. The van der Waals surface area contributed by atoms with Gasteiger partial charge in [-0.15, -0.1) is 10.2 Å². The molecule has 0 unspecified atom stereocenters. The van der Waals surface area contributed by atoms with E-state index in [0.717, 1.165) is 22.3 Å². The maximum atomic E-state index is 11.5. The van der Waals surface area contributed by atoms with Crippen LogP contribution in [0, 0.1) is 0 Å². The molecule has 4 rings (SSSR count). The van der Waals surface area contributed by atoms with Gasteiger partial charge in [-0.05, 0) is 28.5 Å². The topological polar surface area (TPSA) is 122 Å². The maximum Gasteiger partial charge on any atom is 0.316 e. The number of aromatic nitrogens is 5. The predicted molar refractivity (Wildman–Crippen MR) is 101 cm³/mol. The Balaban J connectivity index is 2.07. The number of H-pyrrole nitrogens is 1. The first-order valence-corrected chi connectivity index (χ1v) is 8.17. The SMILES string of the molecule is NC(=O)Nc1ccc(-c2cccnc2)c(-c2ccccc2)c1-c1nn[nH]n1. The van der Waals surface area contributed by atoms with Crippen molar-refractivity contribution in [3.8, 4) is 33.6 Å². The minimum absolute atomic E-state index is 0.350. The first-order chi connectivity index (χ1) is 13.2. The summed E-state index contributed by atoms with van der Waals surface area (Å²) in [5.74, 6) is 0.350. The fraction of sp³-hybridized carbons (Fsp3) is 0. The Bertz CT molecular complexity index is 1060. The molecule has 0 spiro atoms. The highest BCUT2D eigenvalue weighted by Gasteiger charge is 2.21. The van der Waals surface area contributed by atoms with Crippen molar-refractivity contribution in [2.45, 2.75) is 0 Å². The van der Waals surface area contributed by atoms with E-state index in [0.29, 0.717) is 17.1 Å². The van der Waals surface area contributed by atoms with E-state index in [1.165, 1.54) is 0 Å². The molecule has 4 aromatic rings. The number of anilines is 1. The molecule has 4 N–H and O–H groups in total. The summed E-state index contributed by atoms with van der Waals surface area (Å²) in [7, 11) is 0. The summed E-state index contributed by atoms with van der Waals surface area (Å²) in [5, 5.41) is 17.0. The van der Waals surface area contributed by atoms with Crippen LogP contribution in [0.2, 0.25) is 0 Å². The first kappa shape index (κ1) is 16.4. The molecule has 2 amide bonds. The van der Waals surface area contributed by atoms with Crippen LogP contribution in [-0.4, -0.2) is 31.6 Å². The zero-order valence-electron chi connectivity index (χ0n) is 14.1. The highest BCUT2D eigenvalue weighted by Crippen LogP contribution is 2.42. The third kappa shape index (κ3) is 3.23. The zero-order valence-corrected chi connectivity index (χ0v) is 14.1. The largest absolute Gasteiger partial charge is 0.351 e. The molecule has 0 saturated heterocycles. The Morgan fingerprint density at radius 2 is 1.78 bits per heavy atom. The molecule has 0 saturated carbocycles. The van der Waals surface area contributed by atoms with E-state index in [1.807, 2.05) is 48.5 Å². The second kappa shape index (κ2) is 7.04. The van der Waals surface area contributed by atoms with Crippen molar-refractivity contribution >= 4 is 11.7 Å². The fourth-order valence-corrected chi connectivity index (χ4v) is 3.01. The molecule has 0 aliphatic carbocycles. The fourth-order valence-electron chi connectivity index (χ4n) is 3.01. The van der Waals surface area contributed by atoms with Crippen LogP contribution in [0.25, 0.3) is 33.6 Å². The van der Waals surface area contributed by atoms with Gasteiger partial charge in [-0.2, -0.15) is 5.21 Å². The second-order valence-corrected chi connectivity index (χ2v) is 5.74. The predicted octanol–water partition coefficient (Wildman–Crippen LogP) is 3.09. The molecule has 0 aliphatic heterocycles. The minimum Gasteiger partial charge on any atom is -0.351 e. The van der Waals surface area contributed by atoms with E-state index < -0.39 is 6.03 Å². The second-order valence-electron chi connectivity index (χ2n) is 5.74. The molecule has 8 heteroatoms. The van der Waals surface area contributed by atoms with Gasteiger partial charge in [0.2, 0.25) is 5.82 Å². The normalized spacial score (nSPS) is 10.5. The lowest BCUT2D eigenvalue weighted by molar-refractivity contribution is 0.259. The molecule has 0 radical (unpaired) electrons. The molecular weight excluding hydrogens is 342 g/mol. The summed E-state index contributed by atoms with van der Waals surface area (Å²) >= 11 is 0. The van der Waals surface area contributed by atoms with Crippen LogP contribution < -0.4 is 11.1 Å². The van der Waals surface area contributed by atoms with Crippen molar-refractivity contribution in [2.24, 2.45) is 5.73 Å². The number of nitrogens with two attached hydrogens (primary N) is 1. The van der Waals surface area contributed by atoms with Crippen LogP contribution in [0.3, 0.4) is 0 Å². The Morgan fingerprint density at radius 3 is 2.44 bits per heavy atom. The number of carbonyl (C=O) groups excluding carboxylic acids is 1. The Hall–Kier alpha value is -4.07. The molecule has 0 fully saturated rings. The highest BCUT2D eigenvalue weighted by atomic mass is 16.2. The number of hydrogen-bond donors (Lipinski definition) is 3. The van der Waals surface area contributed by atoms with E-state index in [-0.39, 0.29) is 0 Å². The average Bonchev–Trinajstić information content (AvgIpc) is 3.23. The number of tetrazole rings is 1. The number of primary amides is 1. The lowest BCUT2D eigenvalue weighted by Gasteiger charge is -2.17. The van der Waals surface area contributed by atoms with Crippen LogP contribution in [-0.2, 0) is 0 Å². The van der Waals surface area contributed by atoms with Gasteiger partial charge in [0.05, 0.1) is 11.3 Å². The first-order valence-electron chi connectivity index (χ1n) is 8.17. The molecule has 0 bridgehead atoms. The Morgan fingerprint density at radius 1 is 0.963 bits per heavy atom. The van der Waals surface area contributed by atoms with Crippen LogP contribution in [0.5, 0.6) is 0 Å². The Labute approximate surface area is 154 Å². The van der Waals surface area contributed by atoms with Crippen molar-refractivity contribution in [2.75, 3.05) is 5.32 Å². The number of aromatic amines is 1. The van der Waals surface area contributed by atoms with Crippen LogP contribution in [0.15, 0.2) is 67.0 Å². The molecule has 2 aromatic heterocycles. The van der Waals surface area contributed by atoms with E-state index >= 15 is 0 Å². The Kier molecular flexibility index (Phi) is 4.28. The molecule has 0 atom stereocenters. The van der Waals surface area contributed by atoms with Crippen LogP contribution in [0.4, 0.5) is 10.5 Å². The van der Waals surface area contributed by atoms with Crippen molar-refractivity contribution in [1.29, 1.82) is 0 Å². The van der Waals surface area contributed by atoms with Gasteiger partial charge >= 0.3 is 6.03 Å². The van der Waals surface area contributed by atoms with Gasteiger partial charge in [-0.3, -0.25) is 4.98 Å². The lowest BCUT2D eigenvalue weighted by atomic mass is 9.89. The highest BCUT2D eigenvalue weighted by molar-refractivity contribution is 6.02. The zero-order chi connectivity index (χ0) is 18.6.